The minimum atomic E-state index is -0.289. The maximum atomic E-state index is 12.2. The van der Waals surface area contributed by atoms with Crippen molar-refractivity contribution in [2.75, 3.05) is 19.8 Å². The molecule has 0 spiro atoms. The van der Waals surface area contributed by atoms with E-state index in [0.29, 0.717) is 19.8 Å². The number of ether oxygens (including phenoxy) is 2. The lowest BCUT2D eigenvalue weighted by molar-refractivity contribution is 0.170. The first kappa shape index (κ1) is 16.9. The first-order valence-corrected chi connectivity index (χ1v) is 8.94. The van der Waals surface area contributed by atoms with Crippen LogP contribution in [0.3, 0.4) is 0 Å². The van der Waals surface area contributed by atoms with Crippen LogP contribution in [0.15, 0.2) is 33.9 Å². The van der Waals surface area contributed by atoms with Crippen molar-refractivity contribution in [3.8, 4) is 11.5 Å². The molecule has 0 saturated carbocycles. The van der Waals surface area contributed by atoms with Crippen LogP contribution in [0.1, 0.15) is 30.1 Å². The Morgan fingerprint density at radius 1 is 1.04 bits per heavy atom. The highest BCUT2D eigenvalue weighted by Crippen LogP contribution is 2.38. The predicted molar refractivity (Wildman–Crippen MR) is 96.7 cm³/mol. The van der Waals surface area contributed by atoms with E-state index < -0.39 is 0 Å². The van der Waals surface area contributed by atoms with Gasteiger partial charge in [-0.2, -0.15) is 0 Å². The van der Waals surface area contributed by atoms with E-state index in [1.807, 2.05) is 6.07 Å². The molecule has 2 aliphatic rings. The summed E-state index contributed by atoms with van der Waals surface area (Å²) in [6, 6.07) is 7.90. The van der Waals surface area contributed by atoms with Gasteiger partial charge in [-0.25, -0.2) is 4.79 Å². The zero-order valence-electron chi connectivity index (χ0n) is 15.1. The summed E-state index contributed by atoms with van der Waals surface area (Å²) in [6.07, 6.45) is 2.12. The van der Waals surface area contributed by atoms with Crippen molar-refractivity contribution in [1.82, 2.24) is 14.0 Å². The molecule has 4 rings (SSSR count). The third-order valence-electron chi connectivity index (χ3n) is 5.31. The second-order valence-electron chi connectivity index (χ2n) is 6.91. The number of hydrogen-bond donors (Lipinski definition) is 0. The van der Waals surface area contributed by atoms with E-state index in [1.165, 1.54) is 12.6 Å². The topological polar surface area (TPSA) is 65.7 Å². The predicted octanol–water partition coefficient (Wildman–Crippen LogP) is 1.19. The van der Waals surface area contributed by atoms with Crippen LogP contribution >= 0.6 is 0 Å². The molecule has 0 radical (unpaired) electrons. The molecule has 1 atom stereocenters. The number of nitrogens with zero attached hydrogens (tertiary/aromatic N) is 3. The van der Waals surface area contributed by atoms with Crippen LogP contribution in [0.5, 0.6) is 11.5 Å². The molecule has 7 nitrogen and oxygen atoms in total. The summed E-state index contributed by atoms with van der Waals surface area (Å²) in [5.74, 6) is 1.58. The number of rotatable bonds is 3. The molecule has 0 N–H and O–H groups in total. The first-order valence-electron chi connectivity index (χ1n) is 8.94. The normalized spacial score (nSPS) is 19.7. The van der Waals surface area contributed by atoms with Gasteiger partial charge < -0.3 is 9.47 Å². The standard InChI is InChI=1S/C19H23N3O4/c1-20-14(11-18(23)21(2)19(20)24)12-22-7-3-4-15(22)13-5-6-16-17(10-13)26-9-8-25-16/h5-6,10-11,15H,3-4,7-9,12H2,1-2H3/t15-/m1/s1. The summed E-state index contributed by atoms with van der Waals surface area (Å²) in [7, 11) is 3.22. The van der Waals surface area contributed by atoms with Gasteiger partial charge in [0.05, 0.1) is 0 Å². The molecule has 7 heteroatoms. The fraction of sp³-hybridized carbons (Fsp3) is 0.474. The highest BCUT2D eigenvalue weighted by Gasteiger charge is 2.28. The van der Waals surface area contributed by atoms with Crippen LogP contribution in [0.4, 0.5) is 0 Å². The summed E-state index contributed by atoms with van der Waals surface area (Å²) < 4.78 is 14.0. The van der Waals surface area contributed by atoms with E-state index in [-0.39, 0.29) is 17.3 Å². The zero-order valence-corrected chi connectivity index (χ0v) is 15.1. The molecule has 138 valence electrons. The summed E-state index contributed by atoms with van der Waals surface area (Å²) in [4.78, 5) is 26.5. The average Bonchev–Trinajstić information content (AvgIpc) is 3.12. The van der Waals surface area contributed by atoms with Crippen LogP contribution < -0.4 is 20.7 Å². The Labute approximate surface area is 151 Å². The smallest absolute Gasteiger partial charge is 0.330 e. The van der Waals surface area contributed by atoms with Crippen molar-refractivity contribution in [1.29, 1.82) is 0 Å². The highest BCUT2D eigenvalue weighted by molar-refractivity contribution is 5.44. The summed E-state index contributed by atoms with van der Waals surface area (Å²) >= 11 is 0. The van der Waals surface area contributed by atoms with E-state index in [0.717, 1.165) is 41.1 Å². The van der Waals surface area contributed by atoms with Gasteiger partial charge in [0.2, 0.25) is 0 Å². The average molecular weight is 357 g/mol. The Hall–Kier alpha value is -2.54. The van der Waals surface area contributed by atoms with Crippen molar-refractivity contribution < 1.29 is 9.47 Å². The quantitative estimate of drug-likeness (QED) is 0.826. The van der Waals surface area contributed by atoms with Gasteiger partial charge in [-0.15, -0.1) is 0 Å². The lowest BCUT2D eigenvalue weighted by Crippen LogP contribution is -2.39. The number of fused-ring (bicyclic) bond motifs is 1. The largest absolute Gasteiger partial charge is 0.486 e. The maximum absolute atomic E-state index is 12.2. The third-order valence-corrected chi connectivity index (χ3v) is 5.31. The SMILES string of the molecule is Cn1c(CN2CCC[C@@H]2c2ccc3c(c2)OCCO3)cc(=O)n(C)c1=O. The molecule has 1 aromatic carbocycles. The van der Waals surface area contributed by atoms with Crippen molar-refractivity contribution in [2.24, 2.45) is 14.1 Å². The van der Waals surface area contributed by atoms with Crippen molar-refractivity contribution >= 4 is 0 Å². The minimum absolute atomic E-state index is 0.241. The molecule has 1 aromatic heterocycles. The van der Waals surface area contributed by atoms with Gasteiger partial charge >= 0.3 is 5.69 Å². The lowest BCUT2D eigenvalue weighted by Gasteiger charge is -2.27. The second-order valence-corrected chi connectivity index (χ2v) is 6.91. The van der Waals surface area contributed by atoms with Gasteiger partial charge in [0.1, 0.15) is 13.2 Å². The number of aromatic nitrogens is 2. The molecule has 0 aliphatic carbocycles. The fourth-order valence-electron chi connectivity index (χ4n) is 3.80. The van der Waals surface area contributed by atoms with Crippen LogP contribution in [-0.2, 0) is 20.6 Å². The fourth-order valence-corrected chi connectivity index (χ4v) is 3.80. The monoisotopic (exact) mass is 357 g/mol. The molecule has 3 heterocycles. The molecule has 2 aromatic rings. The number of hydrogen-bond acceptors (Lipinski definition) is 5. The van der Waals surface area contributed by atoms with Crippen molar-refractivity contribution in [2.45, 2.75) is 25.4 Å². The van der Waals surface area contributed by atoms with Crippen LogP contribution in [-0.4, -0.2) is 33.8 Å². The number of benzene rings is 1. The molecule has 0 unspecified atom stereocenters. The van der Waals surface area contributed by atoms with Gasteiger partial charge in [-0.05, 0) is 37.1 Å². The minimum Gasteiger partial charge on any atom is -0.486 e. The molecular weight excluding hydrogens is 334 g/mol. The molecule has 0 amide bonds. The molecule has 26 heavy (non-hydrogen) atoms. The van der Waals surface area contributed by atoms with Crippen LogP contribution in [0.2, 0.25) is 0 Å². The van der Waals surface area contributed by atoms with Crippen LogP contribution in [0.25, 0.3) is 0 Å². The molecular formula is C19H23N3O4. The molecule has 0 bridgehead atoms. The Kier molecular flexibility index (Phi) is 4.32. The van der Waals surface area contributed by atoms with Gasteiger partial charge in [0, 0.05) is 38.4 Å². The van der Waals surface area contributed by atoms with Crippen LogP contribution in [0, 0.1) is 0 Å². The molecule has 2 aliphatic heterocycles. The summed E-state index contributed by atoms with van der Waals surface area (Å²) in [6.45, 7) is 2.66. The van der Waals surface area contributed by atoms with E-state index in [1.54, 1.807) is 17.7 Å². The second kappa shape index (κ2) is 6.64. The first-order chi connectivity index (χ1) is 12.5. The molecule has 1 saturated heterocycles. The Bertz CT molecular complexity index is 947. The Morgan fingerprint density at radius 3 is 2.62 bits per heavy atom. The Morgan fingerprint density at radius 2 is 1.81 bits per heavy atom. The highest BCUT2D eigenvalue weighted by atomic mass is 16.6. The van der Waals surface area contributed by atoms with Crippen molar-refractivity contribution in [3.05, 3.63) is 56.4 Å². The van der Waals surface area contributed by atoms with Gasteiger partial charge in [-0.3, -0.25) is 18.8 Å². The summed E-state index contributed by atoms with van der Waals surface area (Å²) in [5, 5.41) is 0. The van der Waals surface area contributed by atoms with Gasteiger partial charge in [0.25, 0.3) is 5.56 Å². The van der Waals surface area contributed by atoms with Gasteiger partial charge in [0.15, 0.2) is 11.5 Å². The summed E-state index contributed by atoms with van der Waals surface area (Å²) in [5.41, 5.74) is 1.36. The van der Waals surface area contributed by atoms with E-state index in [9.17, 15) is 9.59 Å². The maximum Gasteiger partial charge on any atom is 0.330 e. The number of likely N-dealkylation sites (tertiary alicyclic amines) is 1. The zero-order chi connectivity index (χ0) is 18.3. The van der Waals surface area contributed by atoms with E-state index in [4.69, 9.17) is 9.47 Å². The third kappa shape index (κ3) is 2.92. The van der Waals surface area contributed by atoms with E-state index >= 15 is 0 Å². The van der Waals surface area contributed by atoms with E-state index in [2.05, 4.69) is 17.0 Å². The molecule has 1 fully saturated rings. The Balaban J connectivity index is 1.62. The van der Waals surface area contributed by atoms with Crippen molar-refractivity contribution in [3.63, 3.8) is 0 Å². The lowest BCUT2D eigenvalue weighted by atomic mass is 10.0. The van der Waals surface area contributed by atoms with Gasteiger partial charge in [-0.1, -0.05) is 6.07 Å².